The van der Waals surface area contributed by atoms with E-state index in [4.69, 9.17) is 23.2 Å². The molecule has 0 atom stereocenters. The van der Waals surface area contributed by atoms with E-state index in [-0.39, 0.29) is 5.91 Å². The van der Waals surface area contributed by atoms with Gasteiger partial charge in [-0.1, -0.05) is 53.2 Å². The molecule has 0 fully saturated rings. The molecule has 0 aliphatic carbocycles. The Balaban J connectivity index is 1.72. The lowest BCUT2D eigenvalue weighted by Gasteiger charge is -2.18. The maximum atomic E-state index is 12.8. The van der Waals surface area contributed by atoms with Crippen molar-refractivity contribution in [3.8, 4) is 0 Å². The summed E-state index contributed by atoms with van der Waals surface area (Å²) in [4.78, 5) is 19.0. The largest absolute Gasteiger partial charge is 0.286 e. The number of hydrogen-bond acceptors (Lipinski definition) is 3. The van der Waals surface area contributed by atoms with Crippen LogP contribution < -0.4 is 0 Å². The first-order valence-corrected chi connectivity index (χ1v) is 10.1. The normalized spacial score (nSPS) is 14.0. The zero-order valence-electron chi connectivity index (χ0n) is 12.5. The summed E-state index contributed by atoms with van der Waals surface area (Å²) < 4.78 is 0.942. The minimum atomic E-state index is -0.00838. The summed E-state index contributed by atoms with van der Waals surface area (Å²) in [5.41, 5.74) is 1.68. The highest BCUT2D eigenvalue weighted by molar-refractivity contribution is 14.1. The number of amidine groups is 1. The van der Waals surface area contributed by atoms with Crippen LogP contribution in [-0.4, -0.2) is 29.1 Å². The Hall–Kier alpha value is -0.760. The second-order valence-electron chi connectivity index (χ2n) is 5.13. The molecule has 0 bridgehead atoms. The molecule has 24 heavy (non-hydrogen) atoms. The molecule has 0 radical (unpaired) electrons. The molecule has 3 rings (SSSR count). The third kappa shape index (κ3) is 4.07. The number of nitrogens with zero attached hydrogens (tertiary/aromatic N) is 2. The van der Waals surface area contributed by atoms with Crippen LogP contribution in [0.25, 0.3) is 0 Å². The van der Waals surface area contributed by atoms with Crippen LogP contribution in [0.5, 0.6) is 0 Å². The van der Waals surface area contributed by atoms with Gasteiger partial charge in [0.2, 0.25) is 0 Å². The molecule has 0 saturated heterocycles. The standard InChI is InChI=1S/C17H13Cl2IN2OS/c18-12-6-5-11(14(19)9-12)10-24-17-21-7-8-22(17)16(23)13-3-1-2-4-15(13)20/h1-6,9H,7-8,10H2. The van der Waals surface area contributed by atoms with E-state index in [9.17, 15) is 4.79 Å². The second-order valence-corrected chi connectivity index (χ2v) is 8.07. The monoisotopic (exact) mass is 490 g/mol. The van der Waals surface area contributed by atoms with Gasteiger partial charge in [-0.15, -0.1) is 0 Å². The fourth-order valence-corrected chi connectivity index (χ4v) is 4.52. The molecule has 2 aromatic rings. The Morgan fingerprint density at radius 1 is 1.25 bits per heavy atom. The van der Waals surface area contributed by atoms with E-state index in [2.05, 4.69) is 27.6 Å². The number of thioether (sulfide) groups is 1. The number of carbonyl (C=O) groups is 1. The van der Waals surface area contributed by atoms with Crippen LogP contribution in [0.1, 0.15) is 15.9 Å². The Labute approximate surface area is 168 Å². The minimum absolute atomic E-state index is 0.00838. The average molecular weight is 491 g/mol. The smallest absolute Gasteiger partial charge is 0.260 e. The van der Waals surface area contributed by atoms with Gasteiger partial charge in [-0.25, -0.2) is 0 Å². The van der Waals surface area contributed by atoms with Crippen molar-refractivity contribution in [2.45, 2.75) is 5.75 Å². The topological polar surface area (TPSA) is 32.7 Å². The summed E-state index contributed by atoms with van der Waals surface area (Å²) in [5, 5.41) is 1.98. The van der Waals surface area contributed by atoms with Gasteiger partial charge in [-0.3, -0.25) is 14.7 Å². The molecule has 0 N–H and O–H groups in total. The maximum Gasteiger partial charge on any atom is 0.260 e. The van der Waals surface area contributed by atoms with Gasteiger partial charge in [0.15, 0.2) is 5.17 Å². The first kappa shape index (κ1) is 18.0. The molecular weight excluding hydrogens is 478 g/mol. The lowest BCUT2D eigenvalue weighted by Crippen LogP contribution is -2.33. The van der Waals surface area contributed by atoms with Gasteiger partial charge in [-0.05, 0) is 52.4 Å². The van der Waals surface area contributed by atoms with Crippen molar-refractivity contribution in [2.75, 3.05) is 13.1 Å². The number of rotatable bonds is 3. The molecule has 124 valence electrons. The van der Waals surface area contributed by atoms with E-state index in [1.165, 1.54) is 11.8 Å². The van der Waals surface area contributed by atoms with Gasteiger partial charge in [0.05, 0.1) is 12.1 Å². The molecule has 1 heterocycles. The number of hydrogen-bond donors (Lipinski definition) is 0. The molecule has 1 aliphatic rings. The Morgan fingerprint density at radius 2 is 2.04 bits per heavy atom. The molecule has 0 saturated carbocycles. The number of amides is 1. The summed E-state index contributed by atoms with van der Waals surface area (Å²) in [6, 6.07) is 13.0. The highest BCUT2D eigenvalue weighted by Crippen LogP contribution is 2.27. The van der Waals surface area contributed by atoms with E-state index >= 15 is 0 Å². The second kappa shape index (κ2) is 8.08. The van der Waals surface area contributed by atoms with Crippen molar-refractivity contribution in [3.05, 3.63) is 67.2 Å². The fraction of sp³-hybridized carbons (Fsp3) is 0.176. The molecule has 0 unspecified atom stereocenters. The van der Waals surface area contributed by atoms with Gasteiger partial charge in [0.25, 0.3) is 5.91 Å². The highest BCUT2D eigenvalue weighted by atomic mass is 127. The highest BCUT2D eigenvalue weighted by Gasteiger charge is 2.26. The van der Waals surface area contributed by atoms with Crippen LogP contribution in [-0.2, 0) is 5.75 Å². The minimum Gasteiger partial charge on any atom is -0.286 e. The summed E-state index contributed by atoms with van der Waals surface area (Å²) in [5.74, 6) is 0.635. The average Bonchev–Trinajstić information content (AvgIpc) is 3.02. The van der Waals surface area contributed by atoms with E-state index < -0.39 is 0 Å². The first-order valence-electron chi connectivity index (χ1n) is 7.24. The van der Waals surface area contributed by atoms with Gasteiger partial charge < -0.3 is 0 Å². The quantitative estimate of drug-likeness (QED) is 0.544. The Morgan fingerprint density at radius 3 is 2.79 bits per heavy atom. The van der Waals surface area contributed by atoms with Gasteiger partial charge in [0.1, 0.15) is 0 Å². The van der Waals surface area contributed by atoms with Crippen LogP contribution in [0.4, 0.5) is 0 Å². The molecule has 1 aliphatic heterocycles. The van der Waals surface area contributed by atoms with Gasteiger partial charge >= 0.3 is 0 Å². The van der Waals surface area contributed by atoms with Crippen molar-refractivity contribution in [3.63, 3.8) is 0 Å². The third-order valence-corrected chi connectivity index (χ3v) is 6.11. The Kier molecular flexibility index (Phi) is 6.07. The van der Waals surface area contributed by atoms with Crippen molar-refractivity contribution in [1.82, 2.24) is 4.90 Å². The number of benzene rings is 2. The van der Waals surface area contributed by atoms with Crippen molar-refractivity contribution < 1.29 is 4.79 Å². The summed E-state index contributed by atoms with van der Waals surface area (Å²) >= 11 is 15.8. The third-order valence-electron chi connectivity index (χ3n) is 3.52. The molecule has 0 aromatic heterocycles. The summed E-state index contributed by atoms with van der Waals surface area (Å²) in [7, 11) is 0. The summed E-state index contributed by atoms with van der Waals surface area (Å²) in [6.07, 6.45) is 0. The van der Waals surface area contributed by atoms with Crippen molar-refractivity contribution in [2.24, 2.45) is 4.99 Å². The molecule has 1 amide bonds. The van der Waals surface area contributed by atoms with Crippen LogP contribution in [0, 0.1) is 3.57 Å². The predicted octanol–water partition coefficient (Wildman–Crippen LogP) is 5.34. The molecule has 3 nitrogen and oxygen atoms in total. The first-order chi connectivity index (χ1) is 11.6. The lowest BCUT2D eigenvalue weighted by molar-refractivity contribution is 0.0859. The van der Waals surface area contributed by atoms with Crippen molar-refractivity contribution >= 4 is 68.6 Å². The number of carbonyl (C=O) groups excluding carboxylic acids is 1. The predicted molar refractivity (Wildman–Crippen MR) is 110 cm³/mol. The maximum absolute atomic E-state index is 12.8. The van der Waals surface area contributed by atoms with Gasteiger partial charge in [0, 0.05) is 25.9 Å². The van der Waals surface area contributed by atoms with Crippen LogP contribution >= 0.6 is 57.6 Å². The van der Waals surface area contributed by atoms with Crippen LogP contribution in [0.2, 0.25) is 10.0 Å². The van der Waals surface area contributed by atoms with Crippen LogP contribution in [0.15, 0.2) is 47.5 Å². The van der Waals surface area contributed by atoms with E-state index in [0.29, 0.717) is 34.5 Å². The molecular formula is C17H13Cl2IN2OS. The molecule has 7 heteroatoms. The lowest BCUT2D eigenvalue weighted by atomic mass is 10.2. The zero-order chi connectivity index (χ0) is 17.1. The number of halogens is 3. The van der Waals surface area contributed by atoms with E-state index in [1.54, 1.807) is 11.0 Å². The van der Waals surface area contributed by atoms with E-state index in [1.807, 2.05) is 36.4 Å². The van der Waals surface area contributed by atoms with Crippen molar-refractivity contribution in [1.29, 1.82) is 0 Å². The van der Waals surface area contributed by atoms with Crippen LogP contribution in [0.3, 0.4) is 0 Å². The SMILES string of the molecule is O=C(c1ccccc1I)N1CCN=C1SCc1ccc(Cl)cc1Cl. The summed E-state index contributed by atoms with van der Waals surface area (Å²) in [6.45, 7) is 1.24. The molecule has 0 spiro atoms. The fourth-order valence-electron chi connectivity index (χ4n) is 2.30. The van der Waals surface area contributed by atoms with E-state index in [0.717, 1.165) is 14.3 Å². The van der Waals surface area contributed by atoms with Gasteiger partial charge in [-0.2, -0.15) is 0 Å². The zero-order valence-corrected chi connectivity index (χ0v) is 17.0. The number of aliphatic imine (C=N–C) groups is 1. The Bertz CT molecular complexity index is 813. The molecule has 2 aromatic carbocycles.